The molecule has 0 spiro atoms. The predicted octanol–water partition coefficient (Wildman–Crippen LogP) is 2.41. The number of ether oxygens (including phenoxy) is 1. The van der Waals surface area contributed by atoms with Gasteiger partial charge in [-0.3, -0.25) is 4.79 Å². The molecule has 2 aromatic rings. The molecule has 1 aliphatic heterocycles. The van der Waals surface area contributed by atoms with Gasteiger partial charge in [-0.2, -0.15) is 0 Å². The Bertz CT molecular complexity index is 613. The highest BCUT2D eigenvalue weighted by atomic mass is 16.5. The smallest absolute Gasteiger partial charge is 0.202 e. The average molecular weight is 229 g/mol. The maximum Gasteiger partial charge on any atom is 0.202 e. The fourth-order valence-corrected chi connectivity index (χ4v) is 2.03. The number of aryl methyl sites for hydroxylation is 2. The number of ketones is 1. The zero-order valence-corrected chi connectivity index (χ0v) is 9.61. The SMILES string of the molecule is Cc1ccc2c(c1)C(=O)c1c(C)noc1CO2. The molecule has 0 fully saturated rings. The minimum atomic E-state index is -0.0741. The molecule has 2 heterocycles. The molecule has 1 aromatic heterocycles. The first-order chi connectivity index (χ1) is 8.16. The average Bonchev–Trinajstić information content (AvgIpc) is 2.61. The van der Waals surface area contributed by atoms with E-state index in [1.165, 1.54) is 0 Å². The van der Waals surface area contributed by atoms with E-state index in [1.807, 2.05) is 25.1 Å². The van der Waals surface area contributed by atoms with Crippen molar-refractivity contribution < 1.29 is 14.1 Å². The van der Waals surface area contributed by atoms with Crippen molar-refractivity contribution in [1.29, 1.82) is 0 Å². The van der Waals surface area contributed by atoms with Crippen LogP contribution in [-0.2, 0) is 6.61 Å². The third-order valence-corrected chi connectivity index (χ3v) is 2.90. The van der Waals surface area contributed by atoms with Gasteiger partial charge >= 0.3 is 0 Å². The summed E-state index contributed by atoms with van der Waals surface area (Å²) in [5.41, 5.74) is 2.76. The maximum atomic E-state index is 12.4. The van der Waals surface area contributed by atoms with Crippen molar-refractivity contribution in [2.75, 3.05) is 0 Å². The first-order valence-electron chi connectivity index (χ1n) is 5.40. The molecule has 0 unspecified atom stereocenters. The number of carbonyl (C=O) groups is 1. The Morgan fingerprint density at radius 2 is 2.12 bits per heavy atom. The minimum absolute atomic E-state index is 0.0741. The molecule has 0 radical (unpaired) electrons. The van der Waals surface area contributed by atoms with Crippen LogP contribution in [0.2, 0.25) is 0 Å². The fourth-order valence-electron chi connectivity index (χ4n) is 2.03. The number of benzene rings is 1. The molecule has 0 atom stereocenters. The van der Waals surface area contributed by atoms with Crippen LogP contribution in [0, 0.1) is 13.8 Å². The third-order valence-electron chi connectivity index (χ3n) is 2.90. The molecular weight excluding hydrogens is 218 g/mol. The van der Waals surface area contributed by atoms with Crippen LogP contribution in [0.3, 0.4) is 0 Å². The van der Waals surface area contributed by atoms with Gasteiger partial charge in [0.2, 0.25) is 5.78 Å². The lowest BCUT2D eigenvalue weighted by molar-refractivity contribution is 0.103. The van der Waals surface area contributed by atoms with Gasteiger partial charge in [0.05, 0.1) is 16.8 Å². The summed E-state index contributed by atoms with van der Waals surface area (Å²) in [5, 5.41) is 3.81. The molecule has 4 heteroatoms. The minimum Gasteiger partial charge on any atom is -0.485 e. The Morgan fingerprint density at radius 3 is 2.94 bits per heavy atom. The number of carbonyl (C=O) groups excluding carboxylic acids is 1. The van der Waals surface area contributed by atoms with Gasteiger partial charge in [0, 0.05) is 0 Å². The van der Waals surface area contributed by atoms with Crippen LogP contribution in [0.1, 0.15) is 32.9 Å². The predicted molar refractivity (Wildman–Crippen MR) is 60.2 cm³/mol. The topological polar surface area (TPSA) is 52.3 Å². The molecular formula is C13H11NO3. The Kier molecular flexibility index (Phi) is 2.04. The molecule has 17 heavy (non-hydrogen) atoms. The molecule has 86 valence electrons. The highest BCUT2D eigenvalue weighted by Gasteiger charge is 2.27. The van der Waals surface area contributed by atoms with Crippen molar-refractivity contribution >= 4 is 5.78 Å². The van der Waals surface area contributed by atoms with Crippen molar-refractivity contribution in [3.63, 3.8) is 0 Å². The molecule has 4 nitrogen and oxygen atoms in total. The van der Waals surface area contributed by atoms with Gasteiger partial charge in [-0.1, -0.05) is 16.8 Å². The first-order valence-corrected chi connectivity index (χ1v) is 5.40. The molecule has 0 N–H and O–H groups in total. The van der Waals surface area contributed by atoms with Gasteiger partial charge in [0.1, 0.15) is 12.4 Å². The highest BCUT2D eigenvalue weighted by Crippen LogP contribution is 2.30. The lowest BCUT2D eigenvalue weighted by Gasteiger charge is -2.06. The zero-order valence-electron chi connectivity index (χ0n) is 9.61. The van der Waals surface area contributed by atoms with E-state index in [2.05, 4.69) is 5.16 Å². The second-order valence-electron chi connectivity index (χ2n) is 4.18. The number of aromatic nitrogens is 1. The first kappa shape index (κ1) is 10.1. The summed E-state index contributed by atoms with van der Waals surface area (Å²) in [6.07, 6.45) is 0. The summed E-state index contributed by atoms with van der Waals surface area (Å²) in [7, 11) is 0. The van der Waals surface area contributed by atoms with Gasteiger partial charge in [0.15, 0.2) is 5.76 Å². The number of hydrogen-bond acceptors (Lipinski definition) is 4. The molecule has 1 aliphatic rings. The summed E-state index contributed by atoms with van der Waals surface area (Å²) in [4.78, 5) is 12.4. The Balaban J connectivity index is 2.24. The van der Waals surface area contributed by atoms with Crippen molar-refractivity contribution in [3.05, 3.63) is 46.3 Å². The summed E-state index contributed by atoms with van der Waals surface area (Å²) in [5.74, 6) is 1.03. The number of rotatable bonds is 0. The Labute approximate surface area is 98.2 Å². The maximum absolute atomic E-state index is 12.4. The molecule has 0 amide bonds. The van der Waals surface area contributed by atoms with E-state index in [4.69, 9.17) is 9.26 Å². The van der Waals surface area contributed by atoms with Gasteiger partial charge in [-0.25, -0.2) is 0 Å². The van der Waals surface area contributed by atoms with Gasteiger partial charge in [-0.15, -0.1) is 0 Å². The van der Waals surface area contributed by atoms with Crippen LogP contribution in [0.4, 0.5) is 0 Å². The number of fused-ring (bicyclic) bond motifs is 2. The summed E-state index contributed by atoms with van der Waals surface area (Å²) in [6, 6.07) is 5.57. The van der Waals surface area contributed by atoms with E-state index in [1.54, 1.807) is 6.92 Å². The van der Waals surface area contributed by atoms with Crippen LogP contribution in [0.15, 0.2) is 22.7 Å². The standard InChI is InChI=1S/C13H11NO3/c1-7-3-4-10-9(5-7)13(15)12-8(2)14-17-11(12)6-16-10/h3-5H,6H2,1-2H3. The fraction of sp³-hybridized carbons (Fsp3) is 0.231. The van der Waals surface area contributed by atoms with Crippen LogP contribution in [0.25, 0.3) is 0 Å². The molecule has 1 aromatic carbocycles. The van der Waals surface area contributed by atoms with E-state index in [0.29, 0.717) is 28.3 Å². The molecule has 0 saturated carbocycles. The quantitative estimate of drug-likeness (QED) is 0.696. The molecule has 0 bridgehead atoms. The molecule has 3 rings (SSSR count). The van der Waals surface area contributed by atoms with Gasteiger partial charge in [-0.05, 0) is 26.0 Å². The largest absolute Gasteiger partial charge is 0.485 e. The highest BCUT2D eigenvalue weighted by molar-refractivity contribution is 6.12. The Morgan fingerprint density at radius 1 is 1.29 bits per heavy atom. The monoisotopic (exact) mass is 229 g/mol. The van der Waals surface area contributed by atoms with Crippen LogP contribution in [0.5, 0.6) is 5.75 Å². The Hall–Kier alpha value is -2.10. The van der Waals surface area contributed by atoms with Crippen molar-refractivity contribution in [3.8, 4) is 5.75 Å². The van der Waals surface area contributed by atoms with Crippen molar-refractivity contribution in [2.45, 2.75) is 20.5 Å². The van der Waals surface area contributed by atoms with E-state index in [-0.39, 0.29) is 12.4 Å². The summed E-state index contributed by atoms with van der Waals surface area (Å²) < 4.78 is 10.7. The van der Waals surface area contributed by atoms with Crippen molar-refractivity contribution in [1.82, 2.24) is 5.16 Å². The lowest BCUT2D eigenvalue weighted by Crippen LogP contribution is -2.03. The van der Waals surface area contributed by atoms with E-state index in [9.17, 15) is 4.79 Å². The molecule has 0 saturated heterocycles. The zero-order chi connectivity index (χ0) is 12.0. The van der Waals surface area contributed by atoms with E-state index in [0.717, 1.165) is 5.56 Å². The second-order valence-corrected chi connectivity index (χ2v) is 4.18. The van der Waals surface area contributed by atoms with Crippen LogP contribution >= 0.6 is 0 Å². The van der Waals surface area contributed by atoms with Crippen molar-refractivity contribution in [2.24, 2.45) is 0 Å². The third kappa shape index (κ3) is 1.45. The number of nitrogens with zero attached hydrogens (tertiary/aromatic N) is 1. The van der Waals surface area contributed by atoms with Gasteiger partial charge < -0.3 is 9.26 Å². The number of hydrogen-bond donors (Lipinski definition) is 0. The molecule has 0 aliphatic carbocycles. The summed E-state index contributed by atoms with van der Waals surface area (Å²) in [6.45, 7) is 3.96. The van der Waals surface area contributed by atoms with Crippen LogP contribution in [-0.4, -0.2) is 10.9 Å². The van der Waals surface area contributed by atoms with Crippen LogP contribution < -0.4 is 4.74 Å². The lowest BCUT2D eigenvalue weighted by atomic mass is 10.0. The second kappa shape index (κ2) is 3.45. The normalized spacial score (nSPS) is 13.6. The summed E-state index contributed by atoms with van der Waals surface area (Å²) >= 11 is 0. The van der Waals surface area contributed by atoms with E-state index >= 15 is 0 Å². The van der Waals surface area contributed by atoms with E-state index < -0.39 is 0 Å². The van der Waals surface area contributed by atoms with Gasteiger partial charge in [0.25, 0.3) is 0 Å².